The van der Waals surface area contributed by atoms with Crippen LogP contribution >= 0.6 is 0 Å². The van der Waals surface area contributed by atoms with Gasteiger partial charge >= 0.3 is 0 Å². The van der Waals surface area contributed by atoms with Crippen molar-refractivity contribution in [2.75, 3.05) is 26.2 Å². The first-order valence-electron chi connectivity index (χ1n) is 9.27. The van der Waals surface area contributed by atoms with Crippen molar-refractivity contribution >= 4 is 11.7 Å². The van der Waals surface area contributed by atoms with Gasteiger partial charge < -0.3 is 10.6 Å². The third kappa shape index (κ3) is 4.54. The first-order chi connectivity index (χ1) is 11.3. The molecule has 0 amide bonds. The maximum atomic E-state index is 4.86. The van der Waals surface area contributed by atoms with Crippen LogP contribution in [0.1, 0.15) is 54.4 Å². The Morgan fingerprint density at radius 1 is 0.833 bits per heavy atom. The fourth-order valence-electron chi connectivity index (χ4n) is 3.70. The van der Waals surface area contributed by atoms with Gasteiger partial charge in [-0.25, -0.2) is 0 Å². The lowest BCUT2D eigenvalue weighted by atomic mass is 9.89. The standard InChI is InChI=1S/C18H34N6/c1-13(2)11-17(5,15-19-7-8-20-15)23-24-18(6,12-14(3)4)16-21-9-10-22-16/h13-14H,7-12H2,1-6H3,(H,19,20)(H,21,22). The van der Waals surface area contributed by atoms with Crippen molar-refractivity contribution in [3.05, 3.63) is 0 Å². The van der Waals surface area contributed by atoms with Gasteiger partial charge in [-0.1, -0.05) is 27.7 Å². The van der Waals surface area contributed by atoms with Crippen molar-refractivity contribution in [3.8, 4) is 0 Å². The van der Waals surface area contributed by atoms with Crippen LogP contribution in [0.15, 0.2) is 20.2 Å². The van der Waals surface area contributed by atoms with Crippen LogP contribution in [0.5, 0.6) is 0 Å². The van der Waals surface area contributed by atoms with E-state index in [1.54, 1.807) is 0 Å². The second-order valence-electron chi connectivity index (χ2n) is 8.26. The first kappa shape index (κ1) is 18.9. The van der Waals surface area contributed by atoms with Crippen LogP contribution in [0.25, 0.3) is 0 Å². The molecule has 2 aliphatic heterocycles. The van der Waals surface area contributed by atoms with E-state index in [4.69, 9.17) is 10.2 Å². The van der Waals surface area contributed by atoms with E-state index in [2.05, 4.69) is 62.2 Å². The number of aliphatic imine (C=N–C) groups is 2. The Balaban J connectivity index is 2.29. The SMILES string of the molecule is CC(C)CC(C)(N=NC(C)(CC(C)C)C1=NCCN1)C1=NCCN1. The molecular weight excluding hydrogens is 300 g/mol. The summed E-state index contributed by atoms with van der Waals surface area (Å²) in [6.45, 7) is 16.6. The number of amidine groups is 2. The summed E-state index contributed by atoms with van der Waals surface area (Å²) in [5, 5.41) is 16.5. The van der Waals surface area contributed by atoms with Crippen molar-refractivity contribution in [3.63, 3.8) is 0 Å². The largest absolute Gasteiger partial charge is 0.370 e. The minimum absolute atomic E-state index is 0.387. The van der Waals surface area contributed by atoms with E-state index in [1.807, 2.05) is 0 Å². The smallest absolute Gasteiger partial charge is 0.136 e. The predicted octanol–water partition coefficient (Wildman–Crippen LogP) is 3.05. The molecule has 2 heterocycles. The Hall–Kier alpha value is -1.46. The number of hydrogen-bond donors (Lipinski definition) is 2. The molecule has 0 saturated heterocycles. The van der Waals surface area contributed by atoms with Crippen molar-refractivity contribution < 1.29 is 0 Å². The quantitative estimate of drug-likeness (QED) is 0.670. The normalized spacial score (nSPS) is 23.0. The third-order valence-electron chi connectivity index (χ3n) is 4.47. The Bertz CT molecular complexity index is 476. The molecule has 0 aromatic rings. The molecule has 2 N–H and O–H groups in total. The zero-order valence-electron chi connectivity index (χ0n) is 16.2. The summed E-state index contributed by atoms with van der Waals surface area (Å²) in [5.41, 5.74) is -0.774. The van der Waals surface area contributed by atoms with E-state index < -0.39 is 0 Å². The summed E-state index contributed by atoms with van der Waals surface area (Å²) in [7, 11) is 0. The second-order valence-corrected chi connectivity index (χ2v) is 8.26. The van der Waals surface area contributed by atoms with Gasteiger partial charge in [-0.15, -0.1) is 0 Å². The molecule has 136 valence electrons. The molecule has 0 radical (unpaired) electrons. The zero-order valence-corrected chi connectivity index (χ0v) is 16.2. The summed E-state index contributed by atoms with van der Waals surface area (Å²) in [6.07, 6.45) is 1.86. The molecule has 24 heavy (non-hydrogen) atoms. The lowest BCUT2D eigenvalue weighted by Crippen LogP contribution is -2.45. The second kappa shape index (κ2) is 7.62. The Labute approximate surface area is 146 Å². The highest BCUT2D eigenvalue weighted by Gasteiger charge is 2.37. The van der Waals surface area contributed by atoms with E-state index in [0.29, 0.717) is 11.8 Å². The number of hydrogen-bond acceptors (Lipinski definition) is 6. The number of nitrogens with zero attached hydrogens (tertiary/aromatic N) is 4. The van der Waals surface area contributed by atoms with Gasteiger partial charge in [0, 0.05) is 13.1 Å². The highest BCUT2D eigenvalue weighted by Crippen LogP contribution is 2.29. The average molecular weight is 335 g/mol. The molecule has 0 fully saturated rings. The van der Waals surface area contributed by atoms with Gasteiger partial charge in [0.1, 0.15) is 22.7 Å². The van der Waals surface area contributed by atoms with Crippen LogP contribution in [0.2, 0.25) is 0 Å². The molecule has 6 heteroatoms. The van der Waals surface area contributed by atoms with Gasteiger partial charge in [-0.05, 0) is 38.5 Å². The molecule has 0 saturated carbocycles. The fraction of sp³-hybridized carbons (Fsp3) is 0.889. The monoisotopic (exact) mass is 334 g/mol. The van der Waals surface area contributed by atoms with Crippen LogP contribution in [0, 0.1) is 11.8 Å². The van der Waals surface area contributed by atoms with Crippen LogP contribution in [-0.4, -0.2) is 48.9 Å². The van der Waals surface area contributed by atoms with Gasteiger partial charge in [0.2, 0.25) is 0 Å². The van der Waals surface area contributed by atoms with Crippen molar-refractivity contribution in [2.45, 2.75) is 65.5 Å². The van der Waals surface area contributed by atoms with Crippen LogP contribution in [0.3, 0.4) is 0 Å². The van der Waals surface area contributed by atoms with Gasteiger partial charge in [0.15, 0.2) is 0 Å². The van der Waals surface area contributed by atoms with Crippen LogP contribution in [-0.2, 0) is 0 Å². The minimum atomic E-state index is -0.387. The van der Waals surface area contributed by atoms with E-state index in [9.17, 15) is 0 Å². The van der Waals surface area contributed by atoms with Crippen molar-refractivity contribution in [2.24, 2.45) is 32.0 Å². The Morgan fingerprint density at radius 2 is 1.21 bits per heavy atom. The highest BCUT2D eigenvalue weighted by molar-refractivity contribution is 5.93. The lowest BCUT2D eigenvalue weighted by Gasteiger charge is -2.30. The predicted molar refractivity (Wildman–Crippen MR) is 101 cm³/mol. The summed E-state index contributed by atoms with van der Waals surface area (Å²) in [4.78, 5) is 9.25. The van der Waals surface area contributed by atoms with Crippen LogP contribution in [0.4, 0.5) is 0 Å². The first-order valence-corrected chi connectivity index (χ1v) is 9.27. The molecule has 2 atom stereocenters. The van der Waals surface area contributed by atoms with Gasteiger partial charge in [-0.3, -0.25) is 9.98 Å². The summed E-state index contributed by atoms with van der Waals surface area (Å²) in [5.74, 6) is 3.01. The molecule has 0 bridgehead atoms. The topological polar surface area (TPSA) is 73.5 Å². The molecule has 0 aromatic heterocycles. The molecule has 0 aliphatic carbocycles. The molecule has 2 rings (SSSR count). The summed E-state index contributed by atoms with van der Waals surface area (Å²) in [6, 6.07) is 0. The summed E-state index contributed by atoms with van der Waals surface area (Å²) < 4.78 is 0. The Kier molecular flexibility index (Phi) is 5.99. The highest BCUT2D eigenvalue weighted by atomic mass is 15.3. The summed E-state index contributed by atoms with van der Waals surface area (Å²) >= 11 is 0. The molecule has 2 unspecified atom stereocenters. The average Bonchev–Trinajstić information content (AvgIpc) is 3.17. The van der Waals surface area contributed by atoms with Crippen molar-refractivity contribution in [1.82, 2.24) is 10.6 Å². The number of rotatable bonds is 8. The molecular formula is C18H34N6. The Morgan fingerprint density at radius 3 is 1.46 bits per heavy atom. The number of nitrogens with one attached hydrogen (secondary N) is 2. The van der Waals surface area contributed by atoms with E-state index >= 15 is 0 Å². The molecule has 6 nitrogen and oxygen atoms in total. The van der Waals surface area contributed by atoms with E-state index in [-0.39, 0.29) is 11.1 Å². The zero-order chi connectivity index (χ0) is 17.8. The number of azo groups is 1. The van der Waals surface area contributed by atoms with Gasteiger partial charge in [0.05, 0.1) is 13.1 Å². The molecule has 2 aliphatic rings. The molecule has 0 aromatic carbocycles. The maximum Gasteiger partial charge on any atom is 0.136 e. The lowest BCUT2D eigenvalue weighted by molar-refractivity contribution is 0.394. The fourth-order valence-corrected chi connectivity index (χ4v) is 3.70. The third-order valence-corrected chi connectivity index (χ3v) is 4.47. The van der Waals surface area contributed by atoms with Gasteiger partial charge in [-0.2, -0.15) is 10.2 Å². The van der Waals surface area contributed by atoms with Gasteiger partial charge in [0.25, 0.3) is 0 Å². The molecule has 0 spiro atoms. The minimum Gasteiger partial charge on any atom is -0.370 e. The maximum absolute atomic E-state index is 4.86. The van der Waals surface area contributed by atoms with Crippen LogP contribution < -0.4 is 10.6 Å². The van der Waals surface area contributed by atoms with E-state index in [1.165, 1.54) is 0 Å². The van der Waals surface area contributed by atoms with Crippen molar-refractivity contribution in [1.29, 1.82) is 0 Å². The van der Waals surface area contributed by atoms with E-state index in [0.717, 1.165) is 50.7 Å².